The van der Waals surface area contributed by atoms with E-state index >= 15 is 0 Å². The van der Waals surface area contributed by atoms with Crippen molar-refractivity contribution >= 4 is 35.0 Å². The van der Waals surface area contributed by atoms with Gasteiger partial charge >= 0.3 is 5.97 Å². The Morgan fingerprint density at radius 1 is 1.12 bits per heavy atom. The molecule has 0 saturated heterocycles. The Morgan fingerprint density at radius 2 is 1.82 bits per heavy atom. The Bertz CT molecular complexity index is 1340. The van der Waals surface area contributed by atoms with Crippen LogP contribution in [0.4, 0.5) is 0 Å². The van der Waals surface area contributed by atoms with Gasteiger partial charge in [0.15, 0.2) is 4.77 Å². The molecular weight excluding hydrogens is 450 g/mol. The maximum atomic E-state index is 13.1. The minimum Gasteiger partial charge on any atom is -0.465 e. The third-order valence-electron chi connectivity index (χ3n) is 6.98. The molecule has 7 nitrogen and oxygen atoms in total. The summed E-state index contributed by atoms with van der Waals surface area (Å²) in [5, 5.41) is 3.61. The first-order valence-electron chi connectivity index (χ1n) is 11.5. The standard InChI is InChI=1S/C26H29N3O4S/c1-15-5-4-6-21(16(15)2)27-23(30)18-9-7-17(8-10-18)14-29-24(31)20-12-11-19(25(32)33-3)13-22(20)28-26(29)34/h7-13,15-16,21H,4-6,14H2,1-3H3,(H,27,30)(H,28,34)/t15-,16+,21-/m1/s1. The zero-order valence-corrected chi connectivity index (χ0v) is 20.4. The second-order valence-corrected chi connectivity index (χ2v) is 9.50. The molecule has 0 bridgehead atoms. The first kappa shape index (κ1) is 23.9. The molecule has 0 radical (unpaired) electrons. The molecule has 1 aliphatic carbocycles. The second-order valence-electron chi connectivity index (χ2n) is 9.12. The van der Waals surface area contributed by atoms with Gasteiger partial charge in [-0.2, -0.15) is 0 Å². The predicted octanol–water partition coefficient (Wildman–Crippen LogP) is 4.45. The maximum Gasteiger partial charge on any atom is 0.337 e. The van der Waals surface area contributed by atoms with Crippen molar-refractivity contribution in [3.63, 3.8) is 0 Å². The number of fused-ring (bicyclic) bond motifs is 1. The summed E-state index contributed by atoms with van der Waals surface area (Å²) >= 11 is 5.41. The van der Waals surface area contributed by atoms with Crippen LogP contribution in [-0.2, 0) is 11.3 Å². The number of nitrogens with zero attached hydrogens (tertiary/aromatic N) is 1. The molecule has 34 heavy (non-hydrogen) atoms. The molecule has 178 valence electrons. The largest absolute Gasteiger partial charge is 0.465 e. The highest BCUT2D eigenvalue weighted by Crippen LogP contribution is 2.29. The summed E-state index contributed by atoms with van der Waals surface area (Å²) in [5.41, 5.74) is 2.01. The zero-order chi connectivity index (χ0) is 24.4. The number of hydrogen-bond donors (Lipinski definition) is 2. The second kappa shape index (κ2) is 9.93. The highest BCUT2D eigenvalue weighted by atomic mass is 32.1. The molecule has 2 aromatic carbocycles. The van der Waals surface area contributed by atoms with E-state index in [0.717, 1.165) is 18.4 Å². The molecule has 0 aliphatic heterocycles. The number of amides is 1. The summed E-state index contributed by atoms with van der Waals surface area (Å²) < 4.78 is 6.46. The first-order valence-corrected chi connectivity index (χ1v) is 11.9. The molecule has 1 saturated carbocycles. The molecule has 1 amide bonds. The van der Waals surface area contributed by atoms with Crippen molar-refractivity contribution in [2.45, 2.75) is 45.7 Å². The van der Waals surface area contributed by atoms with E-state index in [4.69, 9.17) is 17.0 Å². The Hall–Kier alpha value is -3.26. The minimum absolute atomic E-state index is 0.0703. The van der Waals surface area contributed by atoms with Gasteiger partial charge in [-0.25, -0.2) is 4.79 Å². The van der Waals surface area contributed by atoms with Gasteiger partial charge in [-0.1, -0.05) is 38.8 Å². The van der Waals surface area contributed by atoms with Crippen LogP contribution in [-0.4, -0.2) is 34.6 Å². The van der Waals surface area contributed by atoms with Crippen LogP contribution in [0.5, 0.6) is 0 Å². The van der Waals surface area contributed by atoms with Gasteiger partial charge in [0.2, 0.25) is 0 Å². The number of aromatic nitrogens is 2. The van der Waals surface area contributed by atoms with Gasteiger partial charge in [-0.3, -0.25) is 14.2 Å². The molecule has 8 heteroatoms. The van der Waals surface area contributed by atoms with E-state index in [2.05, 4.69) is 24.1 Å². The van der Waals surface area contributed by atoms with E-state index in [9.17, 15) is 14.4 Å². The molecule has 3 atom stereocenters. The Kier molecular flexibility index (Phi) is 6.97. The highest BCUT2D eigenvalue weighted by Gasteiger charge is 2.28. The van der Waals surface area contributed by atoms with Crippen LogP contribution in [0, 0.1) is 16.6 Å². The van der Waals surface area contributed by atoms with E-state index < -0.39 is 5.97 Å². The van der Waals surface area contributed by atoms with Crippen LogP contribution in [0.15, 0.2) is 47.3 Å². The van der Waals surface area contributed by atoms with Crippen molar-refractivity contribution < 1.29 is 14.3 Å². The number of ether oxygens (including phenoxy) is 1. The first-order chi connectivity index (χ1) is 16.3. The van der Waals surface area contributed by atoms with Crippen molar-refractivity contribution in [1.29, 1.82) is 0 Å². The Labute approximate surface area is 203 Å². The van der Waals surface area contributed by atoms with Gasteiger partial charge < -0.3 is 15.0 Å². The van der Waals surface area contributed by atoms with Crippen LogP contribution >= 0.6 is 12.2 Å². The zero-order valence-electron chi connectivity index (χ0n) is 19.6. The van der Waals surface area contributed by atoms with Gasteiger partial charge in [-0.05, 0) is 66.4 Å². The average molecular weight is 480 g/mol. The maximum absolute atomic E-state index is 13.1. The quantitative estimate of drug-likeness (QED) is 0.417. The van der Waals surface area contributed by atoms with E-state index in [1.54, 1.807) is 30.3 Å². The smallest absolute Gasteiger partial charge is 0.337 e. The normalized spacial score (nSPS) is 20.1. The third kappa shape index (κ3) is 4.82. The van der Waals surface area contributed by atoms with Gasteiger partial charge in [0.05, 0.1) is 30.1 Å². The fourth-order valence-electron chi connectivity index (χ4n) is 4.62. The van der Waals surface area contributed by atoms with E-state index in [-0.39, 0.29) is 28.8 Å². The van der Waals surface area contributed by atoms with Crippen LogP contribution in [0.1, 0.15) is 59.4 Å². The molecule has 2 N–H and O–H groups in total. The van der Waals surface area contributed by atoms with Gasteiger partial charge in [0, 0.05) is 11.6 Å². The lowest BCUT2D eigenvalue weighted by molar-refractivity contribution is 0.0600. The summed E-state index contributed by atoms with van der Waals surface area (Å²) in [6.45, 7) is 4.72. The lowest BCUT2D eigenvalue weighted by Gasteiger charge is -2.34. The fraction of sp³-hybridized carbons (Fsp3) is 0.385. The SMILES string of the molecule is COC(=O)c1ccc2c(=O)n(Cc3ccc(C(=O)N[C@@H]4CCC[C@@H](C)[C@@H]4C)cc3)c(=S)[nH]c2c1. The molecule has 0 spiro atoms. The molecular formula is C26H29N3O4S. The summed E-state index contributed by atoms with van der Waals surface area (Å²) in [6.07, 6.45) is 3.37. The predicted molar refractivity (Wildman–Crippen MR) is 134 cm³/mol. The minimum atomic E-state index is -0.484. The molecule has 0 unspecified atom stereocenters. The number of hydrogen-bond acceptors (Lipinski definition) is 5. The molecule has 1 aliphatic rings. The van der Waals surface area contributed by atoms with E-state index in [1.165, 1.54) is 18.1 Å². The lowest BCUT2D eigenvalue weighted by Crippen LogP contribution is -2.43. The van der Waals surface area contributed by atoms with E-state index in [0.29, 0.717) is 33.9 Å². The number of H-pyrrole nitrogens is 1. The van der Waals surface area contributed by atoms with Crippen molar-refractivity contribution in [1.82, 2.24) is 14.9 Å². The molecule has 1 fully saturated rings. The number of aromatic amines is 1. The van der Waals surface area contributed by atoms with Crippen molar-refractivity contribution in [2.24, 2.45) is 11.8 Å². The topological polar surface area (TPSA) is 93.2 Å². The molecule has 3 aromatic rings. The van der Waals surface area contributed by atoms with E-state index in [1.807, 2.05) is 12.1 Å². The lowest BCUT2D eigenvalue weighted by atomic mass is 9.78. The number of esters is 1. The number of methoxy groups -OCH3 is 1. The van der Waals surface area contributed by atoms with Crippen LogP contribution in [0.2, 0.25) is 0 Å². The summed E-state index contributed by atoms with van der Waals surface area (Å²) in [6, 6.07) is 12.1. The van der Waals surface area contributed by atoms with Gasteiger partial charge in [0.25, 0.3) is 11.5 Å². The monoisotopic (exact) mass is 479 g/mol. The number of nitrogens with one attached hydrogen (secondary N) is 2. The van der Waals surface area contributed by atoms with Gasteiger partial charge in [0.1, 0.15) is 0 Å². The van der Waals surface area contributed by atoms with Crippen molar-refractivity contribution in [3.05, 3.63) is 74.3 Å². The molecule has 4 rings (SSSR count). The summed E-state index contributed by atoms with van der Waals surface area (Å²) in [5.74, 6) is 0.515. The molecule has 1 aromatic heterocycles. The summed E-state index contributed by atoms with van der Waals surface area (Å²) in [7, 11) is 1.30. The number of carbonyl (C=O) groups excluding carboxylic acids is 2. The Morgan fingerprint density at radius 3 is 2.53 bits per heavy atom. The van der Waals surface area contributed by atoms with Crippen LogP contribution in [0.3, 0.4) is 0 Å². The fourth-order valence-corrected chi connectivity index (χ4v) is 4.88. The van der Waals surface area contributed by atoms with Crippen LogP contribution in [0.25, 0.3) is 10.9 Å². The number of carbonyl (C=O) groups is 2. The van der Waals surface area contributed by atoms with Crippen LogP contribution < -0.4 is 10.9 Å². The summed E-state index contributed by atoms with van der Waals surface area (Å²) in [4.78, 5) is 40.6. The third-order valence-corrected chi connectivity index (χ3v) is 7.31. The highest BCUT2D eigenvalue weighted by molar-refractivity contribution is 7.71. The van der Waals surface area contributed by atoms with Crippen molar-refractivity contribution in [2.75, 3.05) is 7.11 Å². The number of benzene rings is 2. The van der Waals surface area contributed by atoms with Gasteiger partial charge in [-0.15, -0.1) is 0 Å². The molecule has 1 heterocycles. The van der Waals surface area contributed by atoms with Crippen molar-refractivity contribution in [3.8, 4) is 0 Å². The number of rotatable bonds is 5. The Balaban J connectivity index is 1.52. The average Bonchev–Trinajstić information content (AvgIpc) is 2.84.